The van der Waals surface area contributed by atoms with Crippen LogP contribution in [0.2, 0.25) is 5.02 Å². The van der Waals surface area contributed by atoms with Crippen LogP contribution in [0.3, 0.4) is 0 Å². The van der Waals surface area contributed by atoms with E-state index in [1.165, 1.54) is 18.2 Å². The van der Waals surface area contributed by atoms with E-state index in [4.69, 9.17) is 11.6 Å². The number of halogens is 2. The van der Waals surface area contributed by atoms with Crippen molar-refractivity contribution in [1.82, 2.24) is 10.2 Å². The summed E-state index contributed by atoms with van der Waals surface area (Å²) in [6.45, 7) is 6.56. The molecule has 5 heteroatoms. The van der Waals surface area contributed by atoms with Gasteiger partial charge in [0, 0.05) is 17.6 Å². The smallest absolute Gasteiger partial charge is 0.257 e. The molecule has 2 rings (SSSR count). The molecule has 1 aromatic rings. The molecule has 0 spiro atoms. The number of rotatable bonds is 4. The Labute approximate surface area is 130 Å². The van der Waals surface area contributed by atoms with E-state index in [0.29, 0.717) is 17.5 Å². The van der Waals surface area contributed by atoms with Crippen LogP contribution in [0.25, 0.3) is 0 Å². The fraction of sp³-hybridized carbons (Fsp3) is 0.562. The van der Waals surface area contributed by atoms with Crippen LogP contribution in [0.4, 0.5) is 4.39 Å². The standard InChI is InChI=1S/C16H22ClFN2O/c1-11(2)20(10-12-5-7-19-8-6-12)16(21)14-9-13(17)3-4-15(14)18/h3-4,9,11-12,19H,5-8,10H2,1-2H3. The van der Waals surface area contributed by atoms with Gasteiger partial charge in [-0.15, -0.1) is 0 Å². The van der Waals surface area contributed by atoms with Crippen LogP contribution in [0.15, 0.2) is 18.2 Å². The number of carbonyl (C=O) groups excluding carboxylic acids is 1. The van der Waals surface area contributed by atoms with Crippen LogP contribution in [0.5, 0.6) is 0 Å². The number of nitrogens with zero attached hydrogens (tertiary/aromatic N) is 1. The summed E-state index contributed by atoms with van der Waals surface area (Å²) in [4.78, 5) is 14.4. The zero-order valence-corrected chi connectivity index (χ0v) is 13.3. The Kier molecular flexibility index (Phi) is 5.59. The highest BCUT2D eigenvalue weighted by molar-refractivity contribution is 6.31. The minimum absolute atomic E-state index is 0.0331. The summed E-state index contributed by atoms with van der Waals surface area (Å²) in [6, 6.07) is 4.15. The largest absolute Gasteiger partial charge is 0.336 e. The van der Waals surface area contributed by atoms with Crippen LogP contribution in [-0.2, 0) is 0 Å². The van der Waals surface area contributed by atoms with Crippen LogP contribution < -0.4 is 5.32 Å². The second-order valence-electron chi connectivity index (χ2n) is 5.87. The van der Waals surface area contributed by atoms with Crippen molar-refractivity contribution in [2.45, 2.75) is 32.7 Å². The van der Waals surface area contributed by atoms with Gasteiger partial charge in [-0.1, -0.05) is 11.6 Å². The molecular formula is C16H22ClFN2O. The maximum Gasteiger partial charge on any atom is 0.257 e. The SMILES string of the molecule is CC(C)N(CC1CCNCC1)C(=O)c1cc(Cl)ccc1F. The first kappa shape index (κ1) is 16.2. The molecule has 0 atom stereocenters. The second kappa shape index (κ2) is 7.23. The number of carbonyl (C=O) groups is 1. The van der Waals surface area contributed by atoms with E-state index >= 15 is 0 Å². The Bertz CT molecular complexity index is 501. The molecule has 0 radical (unpaired) electrons. The molecule has 3 nitrogen and oxygen atoms in total. The molecule has 1 saturated heterocycles. The summed E-state index contributed by atoms with van der Waals surface area (Å²) in [5.74, 6) is -0.316. The molecule has 1 fully saturated rings. The minimum Gasteiger partial charge on any atom is -0.336 e. The van der Waals surface area contributed by atoms with Gasteiger partial charge < -0.3 is 10.2 Å². The fourth-order valence-electron chi connectivity index (χ4n) is 2.69. The lowest BCUT2D eigenvalue weighted by molar-refractivity contribution is 0.0653. The zero-order valence-electron chi connectivity index (χ0n) is 12.5. The van der Waals surface area contributed by atoms with E-state index in [9.17, 15) is 9.18 Å². The van der Waals surface area contributed by atoms with Crippen molar-refractivity contribution in [2.75, 3.05) is 19.6 Å². The van der Waals surface area contributed by atoms with Gasteiger partial charge in [0.25, 0.3) is 5.91 Å². The number of hydrogen-bond acceptors (Lipinski definition) is 2. The topological polar surface area (TPSA) is 32.3 Å². The van der Waals surface area contributed by atoms with E-state index in [1.807, 2.05) is 13.8 Å². The highest BCUT2D eigenvalue weighted by atomic mass is 35.5. The fourth-order valence-corrected chi connectivity index (χ4v) is 2.86. The number of benzene rings is 1. The van der Waals surface area contributed by atoms with Crippen molar-refractivity contribution < 1.29 is 9.18 Å². The van der Waals surface area contributed by atoms with Crippen LogP contribution in [0.1, 0.15) is 37.0 Å². The molecule has 0 aliphatic carbocycles. The molecule has 21 heavy (non-hydrogen) atoms. The van der Waals surface area contributed by atoms with Gasteiger partial charge in [0.1, 0.15) is 5.82 Å². The Balaban J connectivity index is 2.16. The highest BCUT2D eigenvalue weighted by Crippen LogP contribution is 2.21. The quantitative estimate of drug-likeness (QED) is 0.925. The van der Waals surface area contributed by atoms with Gasteiger partial charge in [-0.3, -0.25) is 4.79 Å². The summed E-state index contributed by atoms with van der Waals surface area (Å²) in [5, 5.41) is 3.69. The van der Waals surface area contributed by atoms with E-state index in [0.717, 1.165) is 25.9 Å². The summed E-state index contributed by atoms with van der Waals surface area (Å²) in [7, 11) is 0. The van der Waals surface area contributed by atoms with E-state index in [2.05, 4.69) is 5.32 Å². The first-order valence-electron chi connectivity index (χ1n) is 7.45. The molecule has 1 aromatic carbocycles. The molecule has 1 heterocycles. The highest BCUT2D eigenvalue weighted by Gasteiger charge is 2.25. The van der Waals surface area contributed by atoms with Crippen molar-refractivity contribution in [3.05, 3.63) is 34.6 Å². The predicted molar refractivity (Wildman–Crippen MR) is 83.2 cm³/mol. The van der Waals surface area contributed by atoms with Crippen molar-refractivity contribution in [1.29, 1.82) is 0 Å². The van der Waals surface area contributed by atoms with Gasteiger partial charge in [-0.05, 0) is 63.9 Å². The molecular weight excluding hydrogens is 291 g/mol. The third kappa shape index (κ3) is 4.17. The van der Waals surface area contributed by atoms with Gasteiger partial charge in [-0.25, -0.2) is 4.39 Å². The lowest BCUT2D eigenvalue weighted by atomic mass is 9.96. The molecule has 1 N–H and O–H groups in total. The maximum absolute atomic E-state index is 13.9. The first-order chi connectivity index (χ1) is 9.99. The third-order valence-electron chi connectivity index (χ3n) is 3.96. The average Bonchev–Trinajstić information content (AvgIpc) is 2.47. The van der Waals surface area contributed by atoms with Crippen molar-refractivity contribution in [3.63, 3.8) is 0 Å². The number of nitrogens with one attached hydrogen (secondary N) is 1. The number of hydrogen-bond donors (Lipinski definition) is 1. The number of piperidine rings is 1. The molecule has 0 unspecified atom stereocenters. The van der Waals surface area contributed by atoms with Gasteiger partial charge in [0.05, 0.1) is 5.56 Å². The van der Waals surface area contributed by atoms with Crippen LogP contribution >= 0.6 is 11.6 Å². The zero-order chi connectivity index (χ0) is 15.4. The predicted octanol–water partition coefficient (Wildman–Crippen LogP) is 3.33. The number of amides is 1. The average molecular weight is 313 g/mol. The Morgan fingerprint density at radius 1 is 1.43 bits per heavy atom. The Morgan fingerprint density at radius 2 is 2.10 bits per heavy atom. The lowest BCUT2D eigenvalue weighted by Gasteiger charge is -2.33. The molecule has 0 saturated carbocycles. The normalized spacial score (nSPS) is 16.2. The second-order valence-corrected chi connectivity index (χ2v) is 6.31. The lowest BCUT2D eigenvalue weighted by Crippen LogP contribution is -2.43. The van der Waals surface area contributed by atoms with Crippen molar-refractivity contribution >= 4 is 17.5 Å². The maximum atomic E-state index is 13.9. The van der Waals surface area contributed by atoms with Gasteiger partial charge >= 0.3 is 0 Å². The van der Waals surface area contributed by atoms with E-state index in [-0.39, 0.29) is 17.5 Å². The van der Waals surface area contributed by atoms with Crippen molar-refractivity contribution in [3.8, 4) is 0 Å². The molecule has 1 aliphatic rings. The minimum atomic E-state index is -0.514. The van der Waals surface area contributed by atoms with Crippen molar-refractivity contribution in [2.24, 2.45) is 5.92 Å². The summed E-state index contributed by atoms with van der Waals surface area (Å²) in [5.41, 5.74) is 0.0603. The summed E-state index contributed by atoms with van der Waals surface area (Å²) < 4.78 is 13.9. The summed E-state index contributed by atoms with van der Waals surface area (Å²) >= 11 is 5.89. The Morgan fingerprint density at radius 3 is 2.71 bits per heavy atom. The molecule has 1 aliphatic heterocycles. The van der Waals surface area contributed by atoms with E-state index < -0.39 is 5.82 Å². The first-order valence-corrected chi connectivity index (χ1v) is 7.83. The molecule has 0 aromatic heterocycles. The summed E-state index contributed by atoms with van der Waals surface area (Å²) in [6.07, 6.45) is 2.10. The molecule has 1 amide bonds. The molecule has 116 valence electrons. The third-order valence-corrected chi connectivity index (χ3v) is 4.19. The van der Waals surface area contributed by atoms with Gasteiger partial charge in [0.2, 0.25) is 0 Å². The van der Waals surface area contributed by atoms with Crippen LogP contribution in [0, 0.1) is 11.7 Å². The van der Waals surface area contributed by atoms with Gasteiger partial charge in [-0.2, -0.15) is 0 Å². The van der Waals surface area contributed by atoms with Gasteiger partial charge in [0.15, 0.2) is 0 Å². The molecule has 0 bridgehead atoms. The monoisotopic (exact) mass is 312 g/mol. The Hall–Kier alpha value is -1.13. The van der Waals surface area contributed by atoms with E-state index in [1.54, 1.807) is 4.90 Å². The van der Waals surface area contributed by atoms with Crippen LogP contribution in [-0.4, -0.2) is 36.5 Å².